The second-order valence-corrected chi connectivity index (χ2v) is 8.50. The first-order valence-electron chi connectivity index (χ1n) is 10.2. The number of para-hydroxylation sites is 2. The third kappa shape index (κ3) is 2.30. The average molecular weight is 403 g/mol. The van der Waals surface area contributed by atoms with Crippen molar-refractivity contribution in [3.63, 3.8) is 0 Å². The molecule has 5 nitrogen and oxygen atoms in total. The number of hydrogen-bond acceptors (Lipinski definition) is 4. The molecule has 2 aromatic carbocycles. The summed E-state index contributed by atoms with van der Waals surface area (Å²) in [4.78, 5) is 40.4. The summed E-state index contributed by atoms with van der Waals surface area (Å²) in [6.45, 7) is 0. The van der Waals surface area contributed by atoms with Crippen LogP contribution in [-0.2, 0) is 9.59 Å². The number of carbonyl (C=O) groups is 3. The van der Waals surface area contributed by atoms with Crippen LogP contribution < -0.4 is 9.64 Å². The van der Waals surface area contributed by atoms with E-state index in [2.05, 4.69) is 12.2 Å². The van der Waals surface area contributed by atoms with Gasteiger partial charge in [0.05, 0.1) is 23.1 Å². The quantitative estimate of drug-likeness (QED) is 0.340. The predicted molar refractivity (Wildman–Crippen MR) is 105 cm³/mol. The van der Waals surface area contributed by atoms with Gasteiger partial charge in [0.1, 0.15) is 5.82 Å². The third-order valence-corrected chi connectivity index (χ3v) is 7.07. The van der Waals surface area contributed by atoms with E-state index in [1.165, 1.54) is 35.2 Å². The summed E-state index contributed by atoms with van der Waals surface area (Å²) in [7, 11) is 0. The fraction of sp³-hybridized carbons (Fsp3) is 0.292. The summed E-state index contributed by atoms with van der Waals surface area (Å²) in [5, 5.41) is 0. The Labute approximate surface area is 172 Å². The van der Waals surface area contributed by atoms with E-state index in [-0.39, 0.29) is 52.5 Å². The highest BCUT2D eigenvalue weighted by molar-refractivity contribution is 6.23. The van der Waals surface area contributed by atoms with Crippen LogP contribution in [0.3, 0.4) is 0 Å². The monoisotopic (exact) mass is 403 g/mol. The molecule has 0 aromatic heterocycles. The first-order chi connectivity index (χ1) is 14.6. The van der Waals surface area contributed by atoms with E-state index in [1.54, 1.807) is 18.2 Å². The molecule has 1 aliphatic heterocycles. The number of halogens is 1. The Kier molecular flexibility index (Phi) is 3.58. The van der Waals surface area contributed by atoms with Gasteiger partial charge in [0.25, 0.3) is 0 Å². The van der Waals surface area contributed by atoms with Gasteiger partial charge in [-0.25, -0.2) is 14.1 Å². The number of hydrogen-bond donors (Lipinski definition) is 0. The van der Waals surface area contributed by atoms with Gasteiger partial charge in [-0.2, -0.15) is 0 Å². The van der Waals surface area contributed by atoms with Crippen LogP contribution >= 0.6 is 0 Å². The molecule has 2 saturated carbocycles. The van der Waals surface area contributed by atoms with E-state index in [4.69, 9.17) is 4.74 Å². The van der Waals surface area contributed by atoms with Crippen molar-refractivity contribution in [3.8, 4) is 5.75 Å². The van der Waals surface area contributed by atoms with Crippen LogP contribution in [0.4, 0.5) is 10.1 Å². The molecule has 3 fully saturated rings. The Morgan fingerprint density at radius 1 is 0.900 bits per heavy atom. The molecule has 0 spiro atoms. The molecule has 5 aliphatic rings. The van der Waals surface area contributed by atoms with E-state index in [9.17, 15) is 18.8 Å². The van der Waals surface area contributed by atoms with Gasteiger partial charge >= 0.3 is 5.97 Å². The van der Waals surface area contributed by atoms with Gasteiger partial charge in [-0.3, -0.25) is 9.59 Å². The molecule has 6 heteroatoms. The number of allylic oxidation sites excluding steroid dienone is 2. The molecule has 0 N–H and O–H groups in total. The van der Waals surface area contributed by atoms with Crippen LogP contribution in [-0.4, -0.2) is 17.8 Å². The zero-order chi connectivity index (χ0) is 20.6. The highest BCUT2D eigenvalue weighted by atomic mass is 19.1. The molecule has 2 aromatic rings. The number of rotatable bonds is 3. The molecule has 0 radical (unpaired) electrons. The zero-order valence-electron chi connectivity index (χ0n) is 15.9. The largest absolute Gasteiger partial charge is 0.421 e. The van der Waals surface area contributed by atoms with E-state index in [1.807, 2.05) is 0 Å². The lowest BCUT2D eigenvalue weighted by Crippen LogP contribution is -2.40. The van der Waals surface area contributed by atoms with Gasteiger partial charge in [0, 0.05) is 0 Å². The Hall–Kier alpha value is -3.28. The lowest BCUT2D eigenvalue weighted by molar-refractivity contribution is -0.124. The van der Waals surface area contributed by atoms with E-state index >= 15 is 0 Å². The second-order valence-electron chi connectivity index (χ2n) is 8.50. The van der Waals surface area contributed by atoms with Crippen molar-refractivity contribution in [1.82, 2.24) is 0 Å². The molecule has 7 rings (SSSR count). The number of nitrogens with zero attached hydrogens (tertiary/aromatic N) is 1. The summed E-state index contributed by atoms with van der Waals surface area (Å²) in [6.07, 6.45) is 5.31. The molecule has 2 amide bonds. The van der Waals surface area contributed by atoms with E-state index < -0.39 is 11.8 Å². The molecular weight excluding hydrogens is 385 g/mol. The lowest BCUT2D eigenvalue weighted by Gasteiger charge is -2.37. The van der Waals surface area contributed by atoms with Gasteiger partial charge < -0.3 is 4.74 Å². The van der Waals surface area contributed by atoms with E-state index in [0.717, 1.165) is 6.42 Å². The van der Waals surface area contributed by atoms with Gasteiger partial charge in [-0.05, 0) is 54.4 Å². The third-order valence-electron chi connectivity index (χ3n) is 7.07. The summed E-state index contributed by atoms with van der Waals surface area (Å²) in [5.74, 6) is -1.41. The summed E-state index contributed by atoms with van der Waals surface area (Å²) in [6, 6.07) is 12.0. The Morgan fingerprint density at radius 2 is 1.50 bits per heavy atom. The number of amides is 2. The van der Waals surface area contributed by atoms with Gasteiger partial charge in [0.15, 0.2) is 5.75 Å². The number of esters is 1. The second kappa shape index (κ2) is 6.11. The maximum atomic E-state index is 14.0. The van der Waals surface area contributed by atoms with Gasteiger partial charge in [-0.15, -0.1) is 0 Å². The minimum Gasteiger partial charge on any atom is -0.421 e. The number of carbonyl (C=O) groups excluding carboxylic acids is 3. The average Bonchev–Trinajstić information content (AvgIpc) is 3.53. The zero-order valence-corrected chi connectivity index (χ0v) is 15.9. The van der Waals surface area contributed by atoms with Crippen LogP contribution in [0.2, 0.25) is 0 Å². The number of anilines is 1. The van der Waals surface area contributed by atoms with Crippen LogP contribution in [0.25, 0.3) is 0 Å². The van der Waals surface area contributed by atoms with Gasteiger partial charge in [-0.1, -0.05) is 36.4 Å². The van der Waals surface area contributed by atoms with Gasteiger partial charge in [0.2, 0.25) is 11.8 Å². The fourth-order valence-electron chi connectivity index (χ4n) is 5.70. The normalized spacial score (nSPS) is 32.8. The summed E-state index contributed by atoms with van der Waals surface area (Å²) < 4.78 is 19.4. The van der Waals surface area contributed by atoms with Crippen LogP contribution in [0, 0.1) is 41.3 Å². The standard InChI is InChI=1S/C24H18FNO4/c25-17-6-2-1-5-14(17)24(29)30-19-8-4-3-7-18(19)26-22(27)20-12-9-10-13(16-11-15(12)16)21(20)23(26)28/h1-10,12-13,15-16,20-21H,11H2/t12-,13-,15-,16-,20-,21+/m0/s1. The smallest absolute Gasteiger partial charge is 0.346 e. The van der Waals surface area contributed by atoms with Crippen LogP contribution in [0.1, 0.15) is 16.8 Å². The van der Waals surface area contributed by atoms with Crippen molar-refractivity contribution in [2.45, 2.75) is 6.42 Å². The molecule has 150 valence electrons. The number of ether oxygens (including phenoxy) is 1. The SMILES string of the molecule is O=C(Oc1ccccc1N1C(=O)[C@@H]2[C@H]3C=C[C@@H]([C@@H]4C[C@@H]34)[C@@H]2C1=O)c1ccccc1F. The molecular formula is C24H18FNO4. The molecule has 6 atom stereocenters. The summed E-state index contributed by atoms with van der Waals surface area (Å²) >= 11 is 0. The number of benzene rings is 2. The fourth-order valence-corrected chi connectivity index (χ4v) is 5.70. The maximum absolute atomic E-state index is 14.0. The van der Waals surface area contributed by atoms with Crippen molar-refractivity contribution in [2.24, 2.45) is 35.5 Å². The topological polar surface area (TPSA) is 63.7 Å². The van der Waals surface area contributed by atoms with E-state index in [0.29, 0.717) is 11.8 Å². The first-order valence-corrected chi connectivity index (χ1v) is 10.2. The summed E-state index contributed by atoms with van der Waals surface area (Å²) in [5.41, 5.74) is 0.0297. The minimum atomic E-state index is -0.875. The molecule has 1 saturated heterocycles. The van der Waals surface area contributed by atoms with Crippen molar-refractivity contribution in [3.05, 3.63) is 72.1 Å². The predicted octanol–water partition coefficient (Wildman–Crippen LogP) is 3.60. The Balaban J connectivity index is 1.35. The molecule has 0 unspecified atom stereocenters. The number of imide groups is 1. The minimum absolute atomic E-state index is 0.0663. The molecule has 30 heavy (non-hydrogen) atoms. The highest BCUT2D eigenvalue weighted by Crippen LogP contribution is 2.65. The molecule has 4 aliphatic carbocycles. The van der Waals surface area contributed by atoms with Crippen LogP contribution in [0.15, 0.2) is 60.7 Å². The lowest BCUT2D eigenvalue weighted by atomic mass is 9.63. The van der Waals surface area contributed by atoms with Crippen molar-refractivity contribution >= 4 is 23.5 Å². The molecule has 2 bridgehead atoms. The highest BCUT2D eigenvalue weighted by Gasteiger charge is 2.67. The van der Waals surface area contributed by atoms with Crippen molar-refractivity contribution < 1.29 is 23.5 Å². The molecule has 1 heterocycles. The maximum Gasteiger partial charge on any atom is 0.346 e. The Morgan fingerprint density at radius 3 is 2.17 bits per heavy atom. The Bertz CT molecular complexity index is 1110. The first kappa shape index (κ1) is 17.6. The van der Waals surface area contributed by atoms with Crippen molar-refractivity contribution in [1.29, 1.82) is 0 Å². The van der Waals surface area contributed by atoms with Crippen LogP contribution in [0.5, 0.6) is 5.75 Å². The van der Waals surface area contributed by atoms with Crippen molar-refractivity contribution in [2.75, 3.05) is 4.90 Å².